The highest BCUT2D eigenvalue weighted by Crippen LogP contribution is 2.18. The molecule has 1 aromatic heterocycles. The third kappa shape index (κ3) is 6.59. The molecule has 0 bridgehead atoms. The Morgan fingerprint density at radius 3 is 2.58 bits per heavy atom. The van der Waals surface area contributed by atoms with Crippen molar-refractivity contribution < 1.29 is 23.5 Å². The first kappa shape index (κ1) is 23.9. The van der Waals surface area contributed by atoms with Crippen LogP contribution >= 0.6 is 0 Å². The largest absolute Gasteiger partial charge is 0.445 e. The van der Waals surface area contributed by atoms with E-state index in [0.717, 1.165) is 11.8 Å². The minimum atomic E-state index is -0.749. The fraction of sp³-hybridized carbons (Fsp3) is 0.375. The monoisotopic (exact) mass is 454 g/mol. The Bertz CT molecular complexity index is 1040. The summed E-state index contributed by atoms with van der Waals surface area (Å²) in [5.74, 6) is 4.91. The van der Waals surface area contributed by atoms with Gasteiger partial charge in [-0.3, -0.25) is 9.88 Å². The van der Waals surface area contributed by atoms with Crippen LogP contribution in [0.5, 0.6) is 0 Å². The van der Waals surface area contributed by atoms with Crippen molar-refractivity contribution in [2.75, 3.05) is 25.4 Å². The Morgan fingerprint density at radius 1 is 1.18 bits per heavy atom. The van der Waals surface area contributed by atoms with Gasteiger partial charge in [0.1, 0.15) is 18.2 Å². The average Bonchev–Trinajstić information content (AvgIpc) is 2.76. The number of amides is 2. The molecule has 1 atom stereocenters. The predicted octanol–water partition coefficient (Wildman–Crippen LogP) is 3.41. The fourth-order valence-corrected chi connectivity index (χ4v) is 3.16. The van der Waals surface area contributed by atoms with Crippen LogP contribution < -0.4 is 5.73 Å². The number of carbonyl (C=O) groups is 2. The topological polar surface area (TPSA) is 98.0 Å². The summed E-state index contributed by atoms with van der Waals surface area (Å²) >= 11 is 0. The van der Waals surface area contributed by atoms with Gasteiger partial charge in [-0.15, -0.1) is 0 Å². The molecule has 8 nitrogen and oxygen atoms in total. The molecular weight excluding hydrogens is 427 g/mol. The van der Waals surface area contributed by atoms with Gasteiger partial charge in [0.15, 0.2) is 5.82 Å². The smallest absolute Gasteiger partial charge is 0.411 e. The molecule has 3 rings (SSSR count). The maximum absolute atomic E-state index is 14.1. The lowest BCUT2D eigenvalue weighted by atomic mass is 10.1. The lowest BCUT2D eigenvalue weighted by molar-refractivity contribution is 0.00708. The molecule has 1 saturated heterocycles. The van der Waals surface area contributed by atoms with E-state index in [4.69, 9.17) is 15.2 Å². The van der Waals surface area contributed by atoms with Crippen molar-refractivity contribution in [1.29, 1.82) is 0 Å². The van der Waals surface area contributed by atoms with Crippen LogP contribution in [0.2, 0.25) is 0 Å². The first-order valence-corrected chi connectivity index (χ1v) is 10.5. The molecular formula is C24H27FN4O4. The number of halogens is 1. The van der Waals surface area contributed by atoms with E-state index in [2.05, 4.69) is 16.8 Å². The highest BCUT2D eigenvalue weighted by Gasteiger charge is 2.34. The Kier molecular flexibility index (Phi) is 7.38. The number of piperazine rings is 1. The van der Waals surface area contributed by atoms with E-state index in [9.17, 15) is 14.0 Å². The van der Waals surface area contributed by atoms with Gasteiger partial charge >= 0.3 is 12.2 Å². The minimum absolute atomic E-state index is 0.0167. The van der Waals surface area contributed by atoms with Crippen molar-refractivity contribution in [2.45, 2.75) is 39.0 Å². The van der Waals surface area contributed by atoms with Crippen molar-refractivity contribution in [1.82, 2.24) is 14.8 Å². The number of benzene rings is 1. The summed E-state index contributed by atoms with van der Waals surface area (Å²) in [5.41, 5.74) is 6.03. The zero-order chi connectivity index (χ0) is 24.0. The first-order valence-electron chi connectivity index (χ1n) is 10.5. The number of ether oxygens (including phenoxy) is 2. The van der Waals surface area contributed by atoms with E-state index in [-0.39, 0.29) is 37.5 Å². The molecule has 0 radical (unpaired) electrons. The van der Waals surface area contributed by atoms with E-state index in [0.29, 0.717) is 0 Å². The molecule has 2 heterocycles. The summed E-state index contributed by atoms with van der Waals surface area (Å²) in [6.07, 6.45) is 1.22. The molecule has 9 heteroatoms. The number of aromatic nitrogens is 1. The van der Waals surface area contributed by atoms with Gasteiger partial charge in [0, 0.05) is 13.1 Å². The van der Waals surface area contributed by atoms with Crippen LogP contribution in [0.15, 0.2) is 42.7 Å². The normalized spacial score (nSPS) is 15.9. The summed E-state index contributed by atoms with van der Waals surface area (Å²) in [5, 5.41) is 0. The number of nitrogens with zero attached hydrogens (tertiary/aromatic N) is 3. The summed E-state index contributed by atoms with van der Waals surface area (Å²) in [4.78, 5) is 32.0. The number of rotatable bonds is 2. The van der Waals surface area contributed by atoms with Gasteiger partial charge in [-0.2, -0.15) is 0 Å². The van der Waals surface area contributed by atoms with Gasteiger partial charge < -0.3 is 20.1 Å². The third-order valence-corrected chi connectivity index (χ3v) is 4.76. The second-order valence-corrected chi connectivity index (χ2v) is 8.53. The first-order chi connectivity index (χ1) is 15.6. The van der Waals surface area contributed by atoms with Crippen LogP contribution in [0.1, 0.15) is 31.9 Å². The summed E-state index contributed by atoms with van der Waals surface area (Å²) in [6, 6.07) is 8.52. The molecule has 0 saturated carbocycles. The van der Waals surface area contributed by atoms with E-state index in [1.807, 2.05) is 30.3 Å². The maximum Gasteiger partial charge on any atom is 0.411 e. The van der Waals surface area contributed by atoms with Crippen molar-refractivity contribution in [3.63, 3.8) is 0 Å². The van der Waals surface area contributed by atoms with Crippen molar-refractivity contribution >= 4 is 17.9 Å². The number of nitrogens with two attached hydrogens (primary N) is 1. The van der Waals surface area contributed by atoms with Crippen molar-refractivity contribution in [3.8, 4) is 11.8 Å². The number of hydrogen-bond donors (Lipinski definition) is 1. The predicted molar refractivity (Wildman–Crippen MR) is 120 cm³/mol. The zero-order valence-corrected chi connectivity index (χ0v) is 18.9. The SMILES string of the molecule is CC(C)(C)OC(=O)N1CCN(C(=O)OCc2ccccc2)C(C#Cc2c(N)cncc2F)C1. The van der Waals surface area contributed by atoms with Crippen LogP contribution in [-0.4, -0.2) is 58.2 Å². The van der Waals surface area contributed by atoms with Gasteiger partial charge in [0.2, 0.25) is 0 Å². The number of anilines is 1. The molecule has 2 N–H and O–H groups in total. The van der Waals surface area contributed by atoms with Crippen LogP contribution in [0.4, 0.5) is 19.7 Å². The van der Waals surface area contributed by atoms with Gasteiger partial charge in [-0.05, 0) is 26.3 Å². The lowest BCUT2D eigenvalue weighted by Crippen LogP contribution is -2.56. The molecule has 1 aliphatic heterocycles. The third-order valence-electron chi connectivity index (χ3n) is 4.76. The number of pyridine rings is 1. The Labute approximate surface area is 192 Å². The Morgan fingerprint density at radius 2 is 1.91 bits per heavy atom. The second kappa shape index (κ2) is 10.2. The second-order valence-electron chi connectivity index (χ2n) is 8.53. The molecule has 1 fully saturated rings. The molecule has 33 heavy (non-hydrogen) atoms. The quantitative estimate of drug-likeness (QED) is 0.699. The zero-order valence-electron chi connectivity index (χ0n) is 18.9. The molecule has 2 amide bonds. The van der Waals surface area contributed by atoms with Crippen LogP contribution in [-0.2, 0) is 16.1 Å². The Balaban J connectivity index is 1.80. The summed E-state index contributed by atoms with van der Waals surface area (Å²) < 4.78 is 25.0. The number of carbonyl (C=O) groups excluding carboxylic acids is 2. The van der Waals surface area contributed by atoms with Crippen molar-refractivity contribution in [2.24, 2.45) is 0 Å². The van der Waals surface area contributed by atoms with E-state index < -0.39 is 29.6 Å². The van der Waals surface area contributed by atoms with Crippen molar-refractivity contribution in [3.05, 3.63) is 59.7 Å². The standard InChI is InChI=1S/C24H27FN4O4/c1-24(2,3)33-22(30)28-11-12-29(23(31)32-16-17-7-5-4-6-8-17)18(15-28)9-10-19-20(25)13-27-14-21(19)26/h4-8,13-14,18H,11-12,15-16,26H2,1-3H3. The van der Waals surface area contributed by atoms with E-state index >= 15 is 0 Å². The average molecular weight is 455 g/mol. The minimum Gasteiger partial charge on any atom is -0.445 e. The highest BCUT2D eigenvalue weighted by atomic mass is 19.1. The molecule has 174 valence electrons. The maximum atomic E-state index is 14.1. The van der Waals surface area contributed by atoms with Crippen LogP contribution in [0, 0.1) is 17.7 Å². The number of hydrogen-bond acceptors (Lipinski definition) is 6. The molecule has 2 aromatic rings. The molecule has 1 unspecified atom stereocenters. The van der Waals surface area contributed by atoms with Gasteiger partial charge in [-0.1, -0.05) is 42.2 Å². The van der Waals surface area contributed by atoms with E-state index in [1.165, 1.54) is 16.0 Å². The van der Waals surface area contributed by atoms with Crippen LogP contribution in [0.25, 0.3) is 0 Å². The van der Waals surface area contributed by atoms with Gasteiger partial charge in [-0.25, -0.2) is 14.0 Å². The molecule has 1 aliphatic rings. The van der Waals surface area contributed by atoms with Gasteiger partial charge in [0.25, 0.3) is 0 Å². The number of nitrogen functional groups attached to an aromatic ring is 1. The lowest BCUT2D eigenvalue weighted by Gasteiger charge is -2.38. The molecule has 0 aliphatic carbocycles. The van der Waals surface area contributed by atoms with Crippen LogP contribution in [0.3, 0.4) is 0 Å². The highest BCUT2D eigenvalue weighted by molar-refractivity contribution is 5.72. The molecule has 0 spiro atoms. The summed E-state index contributed by atoms with van der Waals surface area (Å²) in [7, 11) is 0. The Hall–Kier alpha value is -3.80. The fourth-order valence-electron chi connectivity index (χ4n) is 3.16. The molecule has 1 aromatic carbocycles. The van der Waals surface area contributed by atoms with Gasteiger partial charge in [0.05, 0.1) is 30.2 Å². The van der Waals surface area contributed by atoms with E-state index in [1.54, 1.807) is 20.8 Å². The summed E-state index contributed by atoms with van der Waals surface area (Å²) in [6.45, 7) is 5.92.